The van der Waals surface area contributed by atoms with Gasteiger partial charge in [-0.15, -0.1) is 0 Å². The molecule has 1 aliphatic heterocycles. The van der Waals surface area contributed by atoms with Crippen molar-refractivity contribution in [3.05, 3.63) is 53.9 Å². The van der Waals surface area contributed by atoms with Gasteiger partial charge in [0, 0.05) is 43.8 Å². The summed E-state index contributed by atoms with van der Waals surface area (Å²) in [4.78, 5) is 18.8. The Morgan fingerprint density at radius 3 is 2.82 bits per heavy atom. The highest BCUT2D eigenvalue weighted by atomic mass is 16.3. The molecule has 0 unspecified atom stereocenters. The highest BCUT2D eigenvalue weighted by molar-refractivity contribution is 5.74. The molecule has 1 atom stereocenters. The predicted molar refractivity (Wildman–Crippen MR) is 112 cm³/mol. The van der Waals surface area contributed by atoms with Crippen LogP contribution in [0.4, 0.5) is 10.5 Å². The maximum atomic E-state index is 12.7. The molecule has 150 valence electrons. The number of amides is 2. The number of phenols is 1. The average molecular weight is 383 g/mol. The number of aromatic hydroxyl groups is 1. The van der Waals surface area contributed by atoms with Crippen LogP contribution in [0.1, 0.15) is 36.8 Å². The number of nitrogens with one attached hydrogen (secondary N) is 2. The molecule has 2 heterocycles. The number of urea groups is 1. The number of pyridine rings is 1. The average Bonchev–Trinajstić information content (AvgIpc) is 2.72. The van der Waals surface area contributed by atoms with Crippen molar-refractivity contribution in [1.82, 2.24) is 15.2 Å². The molecule has 0 spiro atoms. The minimum Gasteiger partial charge on any atom is -0.508 e. The molecule has 28 heavy (non-hydrogen) atoms. The number of piperidine rings is 1. The molecule has 6 heteroatoms. The zero-order valence-corrected chi connectivity index (χ0v) is 16.5. The molecule has 0 bridgehead atoms. The van der Waals surface area contributed by atoms with Gasteiger partial charge in [-0.1, -0.05) is 12.1 Å². The molecule has 3 rings (SSSR count). The van der Waals surface area contributed by atoms with Crippen molar-refractivity contribution in [2.24, 2.45) is 0 Å². The lowest BCUT2D eigenvalue weighted by atomic mass is 9.96. The molecule has 0 radical (unpaired) electrons. The minimum absolute atomic E-state index is 0.0312. The van der Waals surface area contributed by atoms with E-state index in [1.165, 1.54) is 12.0 Å². The van der Waals surface area contributed by atoms with E-state index < -0.39 is 0 Å². The summed E-state index contributed by atoms with van der Waals surface area (Å²) in [5.74, 6) is 0.290. The number of aryl methyl sites for hydroxylation is 2. The zero-order valence-electron chi connectivity index (χ0n) is 16.5. The molecule has 3 N–H and O–H groups in total. The van der Waals surface area contributed by atoms with Crippen LogP contribution in [0.25, 0.3) is 0 Å². The fraction of sp³-hybridized carbons (Fsp3) is 0.455. The summed E-state index contributed by atoms with van der Waals surface area (Å²) < 4.78 is 0. The number of hydrogen-bond acceptors (Lipinski definition) is 4. The quantitative estimate of drug-likeness (QED) is 0.638. The van der Waals surface area contributed by atoms with Crippen LogP contribution in [-0.4, -0.2) is 46.7 Å². The molecule has 1 fully saturated rings. The Labute approximate surface area is 167 Å². The van der Waals surface area contributed by atoms with E-state index in [1.807, 2.05) is 36.2 Å². The van der Waals surface area contributed by atoms with Gasteiger partial charge in [0.05, 0.1) is 0 Å². The maximum Gasteiger partial charge on any atom is 0.317 e. The van der Waals surface area contributed by atoms with E-state index in [1.54, 1.807) is 18.3 Å². The van der Waals surface area contributed by atoms with Gasteiger partial charge in [0.1, 0.15) is 5.75 Å². The lowest BCUT2D eigenvalue weighted by Gasteiger charge is -2.36. The van der Waals surface area contributed by atoms with E-state index in [0.717, 1.165) is 43.5 Å². The van der Waals surface area contributed by atoms with Crippen molar-refractivity contribution in [2.75, 3.05) is 25.0 Å². The van der Waals surface area contributed by atoms with Gasteiger partial charge in [-0.25, -0.2) is 4.79 Å². The van der Waals surface area contributed by atoms with Gasteiger partial charge in [0.25, 0.3) is 0 Å². The molecule has 1 aromatic heterocycles. The number of aromatic nitrogens is 1. The third-order valence-electron chi connectivity index (χ3n) is 5.33. The maximum absolute atomic E-state index is 12.7. The van der Waals surface area contributed by atoms with Crippen molar-refractivity contribution >= 4 is 11.7 Å². The van der Waals surface area contributed by atoms with Crippen LogP contribution in [0.15, 0.2) is 42.7 Å². The first kappa shape index (κ1) is 20.0. The number of hydrogen-bond donors (Lipinski definition) is 3. The van der Waals surface area contributed by atoms with Crippen LogP contribution in [0.2, 0.25) is 0 Å². The number of benzene rings is 1. The lowest BCUT2D eigenvalue weighted by Crippen LogP contribution is -2.49. The summed E-state index contributed by atoms with van der Waals surface area (Å²) in [6.07, 6.45) is 8.75. The predicted octanol–water partition coefficient (Wildman–Crippen LogP) is 3.70. The number of carbonyl (C=O) groups excluding carboxylic acids is 1. The van der Waals surface area contributed by atoms with Gasteiger partial charge in [0.2, 0.25) is 0 Å². The monoisotopic (exact) mass is 382 g/mol. The first-order valence-corrected chi connectivity index (χ1v) is 10.1. The van der Waals surface area contributed by atoms with Gasteiger partial charge in [0.15, 0.2) is 0 Å². The Hall–Kier alpha value is -2.76. The van der Waals surface area contributed by atoms with E-state index >= 15 is 0 Å². The largest absolute Gasteiger partial charge is 0.508 e. The molecule has 0 aliphatic carbocycles. The van der Waals surface area contributed by atoms with Crippen LogP contribution < -0.4 is 10.6 Å². The fourth-order valence-corrected chi connectivity index (χ4v) is 3.70. The third-order valence-corrected chi connectivity index (χ3v) is 5.33. The number of carbonyl (C=O) groups is 1. The number of anilines is 1. The SMILES string of the molecule is Cc1cnccc1NCCNC(=O)N1CCCC[C@@H]1CCc1ccc(O)cc1. The Morgan fingerprint density at radius 1 is 1.21 bits per heavy atom. The molecule has 1 aliphatic rings. The molecule has 0 saturated carbocycles. The van der Waals surface area contributed by atoms with E-state index in [9.17, 15) is 9.90 Å². The van der Waals surface area contributed by atoms with Gasteiger partial charge < -0.3 is 20.6 Å². The van der Waals surface area contributed by atoms with Crippen molar-refractivity contribution in [3.63, 3.8) is 0 Å². The molecular weight excluding hydrogens is 352 g/mol. The summed E-state index contributed by atoms with van der Waals surface area (Å²) in [6, 6.07) is 9.60. The molecule has 2 amide bonds. The molecule has 2 aromatic rings. The standard InChI is InChI=1S/C22H30N4O2/c1-17-16-23-12-11-21(17)24-13-14-25-22(28)26-15-3-2-4-19(26)8-5-18-6-9-20(27)10-7-18/h6-7,9-12,16,19,27H,2-5,8,13-15H2,1H3,(H,23,24)(H,25,28)/t19-/m1/s1. The van der Waals surface area contributed by atoms with Crippen molar-refractivity contribution < 1.29 is 9.90 Å². The summed E-state index contributed by atoms with van der Waals surface area (Å²) in [7, 11) is 0. The number of likely N-dealkylation sites (tertiary alicyclic amines) is 1. The van der Waals surface area contributed by atoms with E-state index in [0.29, 0.717) is 13.1 Å². The smallest absolute Gasteiger partial charge is 0.317 e. The van der Waals surface area contributed by atoms with E-state index in [-0.39, 0.29) is 17.8 Å². The normalized spacial score (nSPS) is 16.6. The third kappa shape index (κ3) is 5.62. The zero-order chi connectivity index (χ0) is 19.8. The fourth-order valence-electron chi connectivity index (χ4n) is 3.70. The van der Waals surface area contributed by atoms with Crippen LogP contribution in [0.5, 0.6) is 5.75 Å². The summed E-state index contributed by atoms with van der Waals surface area (Å²) in [6.45, 7) is 4.10. The molecule has 6 nitrogen and oxygen atoms in total. The summed E-state index contributed by atoms with van der Waals surface area (Å²) in [5, 5.41) is 15.8. The van der Waals surface area contributed by atoms with Gasteiger partial charge in [-0.2, -0.15) is 0 Å². The van der Waals surface area contributed by atoms with Gasteiger partial charge >= 0.3 is 6.03 Å². The molecular formula is C22H30N4O2. The molecule has 1 aromatic carbocycles. The molecule has 1 saturated heterocycles. The van der Waals surface area contributed by atoms with Crippen LogP contribution in [0, 0.1) is 6.92 Å². The Bertz CT molecular complexity index is 763. The van der Waals surface area contributed by atoms with Crippen molar-refractivity contribution in [2.45, 2.75) is 45.1 Å². The Balaban J connectivity index is 1.45. The highest BCUT2D eigenvalue weighted by Gasteiger charge is 2.26. The lowest BCUT2D eigenvalue weighted by molar-refractivity contribution is 0.147. The number of rotatable bonds is 7. The number of nitrogens with zero attached hydrogens (tertiary/aromatic N) is 2. The second-order valence-corrected chi connectivity index (χ2v) is 7.40. The highest BCUT2D eigenvalue weighted by Crippen LogP contribution is 2.22. The van der Waals surface area contributed by atoms with Crippen molar-refractivity contribution in [3.8, 4) is 5.75 Å². The Kier molecular flexibility index (Phi) is 7.12. The minimum atomic E-state index is 0.0312. The first-order valence-electron chi connectivity index (χ1n) is 10.1. The van der Waals surface area contributed by atoms with Gasteiger partial charge in [-0.05, 0) is 68.4 Å². The second kappa shape index (κ2) is 9.97. The van der Waals surface area contributed by atoms with Crippen LogP contribution in [0.3, 0.4) is 0 Å². The van der Waals surface area contributed by atoms with E-state index in [4.69, 9.17) is 0 Å². The first-order chi connectivity index (χ1) is 13.6. The summed E-state index contributed by atoms with van der Waals surface area (Å²) >= 11 is 0. The summed E-state index contributed by atoms with van der Waals surface area (Å²) in [5.41, 5.74) is 3.34. The Morgan fingerprint density at radius 2 is 2.04 bits per heavy atom. The van der Waals surface area contributed by atoms with Crippen LogP contribution >= 0.6 is 0 Å². The second-order valence-electron chi connectivity index (χ2n) is 7.40. The van der Waals surface area contributed by atoms with E-state index in [2.05, 4.69) is 15.6 Å². The number of phenolic OH excluding ortho intramolecular Hbond substituents is 1. The van der Waals surface area contributed by atoms with Crippen LogP contribution in [-0.2, 0) is 6.42 Å². The van der Waals surface area contributed by atoms with Gasteiger partial charge in [-0.3, -0.25) is 4.98 Å². The van der Waals surface area contributed by atoms with Crippen molar-refractivity contribution in [1.29, 1.82) is 0 Å². The topological polar surface area (TPSA) is 77.5 Å².